The van der Waals surface area contributed by atoms with Crippen LogP contribution >= 0.6 is 11.3 Å². The maximum atomic E-state index is 12.5. The van der Waals surface area contributed by atoms with Crippen LogP contribution in [0, 0.1) is 6.92 Å². The van der Waals surface area contributed by atoms with E-state index in [1.807, 2.05) is 36.6 Å². The Morgan fingerprint density at radius 3 is 2.63 bits per heavy atom. The third kappa shape index (κ3) is 4.54. The van der Waals surface area contributed by atoms with Crippen molar-refractivity contribution < 1.29 is 14.3 Å². The van der Waals surface area contributed by atoms with Gasteiger partial charge in [-0.05, 0) is 37.3 Å². The summed E-state index contributed by atoms with van der Waals surface area (Å²) < 4.78 is 10.8. The van der Waals surface area contributed by atoms with Gasteiger partial charge >= 0.3 is 0 Å². The molecule has 27 heavy (non-hydrogen) atoms. The van der Waals surface area contributed by atoms with E-state index in [0.717, 1.165) is 16.3 Å². The van der Waals surface area contributed by atoms with Crippen LogP contribution in [0.2, 0.25) is 0 Å². The Labute approximate surface area is 162 Å². The maximum Gasteiger partial charge on any atom is 0.255 e. The van der Waals surface area contributed by atoms with Crippen LogP contribution in [0.4, 0.5) is 5.69 Å². The lowest BCUT2D eigenvalue weighted by molar-refractivity contribution is 0.102. The zero-order valence-corrected chi connectivity index (χ0v) is 16.0. The molecule has 3 aromatic rings. The van der Waals surface area contributed by atoms with Gasteiger partial charge < -0.3 is 14.8 Å². The van der Waals surface area contributed by atoms with Crippen LogP contribution < -0.4 is 14.8 Å². The highest BCUT2D eigenvalue weighted by molar-refractivity contribution is 7.09. The number of ether oxygens (including phenoxy) is 2. The van der Waals surface area contributed by atoms with Crippen LogP contribution in [0.25, 0.3) is 11.3 Å². The first-order valence-corrected chi connectivity index (χ1v) is 9.24. The molecule has 0 bridgehead atoms. The van der Waals surface area contributed by atoms with E-state index in [9.17, 15) is 4.79 Å². The van der Waals surface area contributed by atoms with Gasteiger partial charge in [0.1, 0.15) is 6.61 Å². The quantitative estimate of drug-likeness (QED) is 0.590. The number of anilines is 1. The van der Waals surface area contributed by atoms with Gasteiger partial charge in [-0.25, -0.2) is 4.98 Å². The number of carbonyl (C=O) groups is 1. The summed E-state index contributed by atoms with van der Waals surface area (Å²) in [6.07, 6.45) is 1.65. The number of aromatic nitrogens is 1. The van der Waals surface area contributed by atoms with Crippen molar-refractivity contribution in [3.8, 4) is 22.8 Å². The van der Waals surface area contributed by atoms with Crippen molar-refractivity contribution in [2.45, 2.75) is 6.92 Å². The van der Waals surface area contributed by atoms with Crippen LogP contribution in [0.1, 0.15) is 15.4 Å². The molecule has 0 unspecified atom stereocenters. The van der Waals surface area contributed by atoms with E-state index in [1.54, 1.807) is 35.6 Å². The van der Waals surface area contributed by atoms with Gasteiger partial charge in [0.2, 0.25) is 0 Å². The summed E-state index contributed by atoms with van der Waals surface area (Å²) in [5.41, 5.74) is 3.15. The Balaban J connectivity index is 1.72. The molecule has 6 heteroatoms. The average molecular weight is 380 g/mol. The Morgan fingerprint density at radius 1 is 1.22 bits per heavy atom. The number of rotatable bonds is 7. The number of carbonyl (C=O) groups excluding carboxylic acids is 1. The largest absolute Gasteiger partial charge is 0.493 e. The van der Waals surface area contributed by atoms with Gasteiger partial charge in [0.05, 0.1) is 17.8 Å². The Bertz CT molecular complexity index is 948. The molecule has 3 rings (SSSR count). The normalized spacial score (nSPS) is 10.3. The molecule has 0 radical (unpaired) electrons. The second kappa shape index (κ2) is 8.51. The fourth-order valence-corrected chi connectivity index (χ4v) is 3.12. The topological polar surface area (TPSA) is 60.5 Å². The zero-order valence-electron chi connectivity index (χ0n) is 15.2. The molecule has 0 fully saturated rings. The molecule has 1 amide bonds. The lowest BCUT2D eigenvalue weighted by Gasteiger charge is -2.11. The van der Waals surface area contributed by atoms with Crippen LogP contribution in [-0.4, -0.2) is 24.6 Å². The number of amides is 1. The van der Waals surface area contributed by atoms with Crippen LogP contribution in [0.3, 0.4) is 0 Å². The molecular formula is C21H20N2O3S. The summed E-state index contributed by atoms with van der Waals surface area (Å²) in [7, 11) is 1.54. The van der Waals surface area contributed by atoms with Gasteiger partial charge in [0.25, 0.3) is 5.91 Å². The first kappa shape index (κ1) is 18.7. The first-order chi connectivity index (χ1) is 13.1. The summed E-state index contributed by atoms with van der Waals surface area (Å²) in [5, 5.41) is 5.93. The summed E-state index contributed by atoms with van der Waals surface area (Å²) in [4.78, 5) is 17.0. The Hall–Kier alpha value is -3.12. The van der Waals surface area contributed by atoms with Gasteiger partial charge in [-0.2, -0.15) is 0 Å². The zero-order chi connectivity index (χ0) is 19.2. The van der Waals surface area contributed by atoms with E-state index in [-0.39, 0.29) is 5.91 Å². The van der Waals surface area contributed by atoms with E-state index in [0.29, 0.717) is 29.4 Å². The molecule has 0 atom stereocenters. The van der Waals surface area contributed by atoms with Crippen LogP contribution in [-0.2, 0) is 0 Å². The summed E-state index contributed by atoms with van der Waals surface area (Å²) in [6, 6.07) is 12.7. The molecule has 1 heterocycles. The second-order valence-electron chi connectivity index (χ2n) is 5.75. The van der Waals surface area contributed by atoms with Crippen molar-refractivity contribution in [2.24, 2.45) is 0 Å². The first-order valence-electron chi connectivity index (χ1n) is 8.36. The predicted octanol–water partition coefficient (Wildman–Crippen LogP) is 4.94. The summed E-state index contributed by atoms with van der Waals surface area (Å²) in [5.74, 6) is 0.844. The van der Waals surface area contributed by atoms with Crippen molar-refractivity contribution in [2.75, 3.05) is 19.0 Å². The molecular weight excluding hydrogens is 360 g/mol. The molecule has 0 aliphatic heterocycles. The number of nitrogens with one attached hydrogen (secondary N) is 1. The number of nitrogens with zero attached hydrogens (tertiary/aromatic N) is 1. The van der Waals surface area contributed by atoms with Gasteiger partial charge in [0, 0.05) is 22.2 Å². The lowest BCUT2D eigenvalue weighted by atomic mass is 10.1. The van der Waals surface area contributed by atoms with Crippen molar-refractivity contribution >= 4 is 22.9 Å². The number of benzene rings is 2. The van der Waals surface area contributed by atoms with Crippen molar-refractivity contribution in [1.29, 1.82) is 0 Å². The molecule has 138 valence electrons. The van der Waals surface area contributed by atoms with Crippen LogP contribution in [0.15, 0.2) is 60.5 Å². The summed E-state index contributed by atoms with van der Waals surface area (Å²) in [6.45, 7) is 5.96. The Morgan fingerprint density at radius 2 is 2.00 bits per heavy atom. The number of methoxy groups -OCH3 is 1. The van der Waals surface area contributed by atoms with Crippen molar-refractivity contribution in [3.05, 3.63) is 71.1 Å². The minimum atomic E-state index is -0.221. The number of hydrogen-bond acceptors (Lipinski definition) is 5. The minimum Gasteiger partial charge on any atom is -0.493 e. The molecule has 2 aromatic carbocycles. The predicted molar refractivity (Wildman–Crippen MR) is 109 cm³/mol. The van der Waals surface area contributed by atoms with Crippen molar-refractivity contribution in [1.82, 2.24) is 4.98 Å². The Kier molecular flexibility index (Phi) is 5.88. The SMILES string of the molecule is C=CCOc1ccc(C(=O)Nc2ccc(-c3csc(C)n3)cc2)cc1OC. The molecule has 1 N–H and O–H groups in total. The molecule has 5 nitrogen and oxygen atoms in total. The van der Waals surface area contributed by atoms with E-state index in [4.69, 9.17) is 9.47 Å². The third-order valence-electron chi connectivity index (χ3n) is 3.84. The standard InChI is InChI=1S/C21H20N2O3S/c1-4-11-26-19-10-7-16(12-20(19)25-3)21(24)23-17-8-5-15(6-9-17)18-13-27-14(2)22-18/h4-10,12-13H,1,11H2,2-3H3,(H,23,24). The monoisotopic (exact) mass is 380 g/mol. The highest BCUT2D eigenvalue weighted by Gasteiger charge is 2.12. The highest BCUT2D eigenvalue weighted by atomic mass is 32.1. The number of hydrogen-bond donors (Lipinski definition) is 1. The molecule has 0 saturated heterocycles. The number of thiazole rings is 1. The van der Waals surface area contributed by atoms with Gasteiger partial charge in [0.15, 0.2) is 11.5 Å². The van der Waals surface area contributed by atoms with Crippen LogP contribution in [0.5, 0.6) is 11.5 Å². The fraction of sp³-hybridized carbons (Fsp3) is 0.143. The van der Waals surface area contributed by atoms with E-state index < -0.39 is 0 Å². The molecule has 0 saturated carbocycles. The average Bonchev–Trinajstić information content (AvgIpc) is 3.13. The molecule has 0 aliphatic rings. The van der Waals surface area contributed by atoms with Gasteiger partial charge in [-0.1, -0.05) is 24.8 Å². The number of aryl methyl sites for hydroxylation is 1. The van der Waals surface area contributed by atoms with Crippen molar-refractivity contribution in [3.63, 3.8) is 0 Å². The van der Waals surface area contributed by atoms with E-state index in [2.05, 4.69) is 16.9 Å². The van der Waals surface area contributed by atoms with E-state index >= 15 is 0 Å². The molecule has 0 spiro atoms. The minimum absolute atomic E-state index is 0.221. The lowest BCUT2D eigenvalue weighted by Crippen LogP contribution is -2.12. The third-order valence-corrected chi connectivity index (χ3v) is 4.61. The second-order valence-corrected chi connectivity index (χ2v) is 6.81. The summed E-state index contributed by atoms with van der Waals surface area (Å²) >= 11 is 1.61. The highest BCUT2D eigenvalue weighted by Crippen LogP contribution is 2.29. The smallest absolute Gasteiger partial charge is 0.255 e. The molecule has 1 aromatic heterocycles. The fourth-order valence-electron chi connectivity index (χ4n) is 2.50. The van der Waals surface area contributed by atoms with Gasteiger partial charge in [-0.3, -0.25) is 4.79 Å². The van der Waals surface area contributed by atoms with Gasteiger partial charge in [-0.15, -0.1) is 11.3 Å². The maximum absolute atomic E-state index is 12.5. The van der Waals surface area contributed by atoms with E-state index in [1.165, 1.54) is 7.11 Å². The molecule has 0 aliphatic carbocycles.